The lowest BCUT2D eigenvalue weighted by Gasteiger charge is -2.36. The maximum Gasteiger partial charge on any atom is 0.317 e. The van der Waals surface area contributed by atoms with Crippen molar-refractivity contribution in [3.05, 3.63) is 0 Å². The van der Waals surface area contributed by atoms with Gasteiger partial charge in [0.1, 0.15) is 0 Å². The number of carboxylic acids is 1. The van der Waals surface area contributed by atoms with E-state index in [1.54, 1.807) is 12.0 Å². The number of urea groups is 1. The first-order chi connectivity index (χ1) is 9.75. The summed E-state index contributed by atoms with van der Waals surface area (Å²) in [5, 5.41) is 11.8. The first kappa shape index (κ1) is 17.8. The third-order valence-electron chi connectivity index (χ3n) is 4.26. The summed E-state index contributed by atoms with van der Waals surface area (Å²) in [5.41, 5.74) is -0.387. The minimum absolute atomic E-state index is 0.0904. The van der Waals surface area contributed by atoms with Gasteiger partial charge in [-0.2, -0.15) is 0 Å². The van der Waals surface area contributed by atoms with Crippen LogP contribution in [0.2, 0.25) is 0 Å². The van der Waals surface area contributed by atoms with Gasteiger partial charge in [0.15, 0.2) is 0 Å². The number of hydrogen-bond donors (Lipinski definition) is 2. The van der Waals surface area contributed by atoms with Crippen molar-refractivity contribution in [3.8, 4) is 0 Å². The first-order valence-corrected chi connectivity index (χ1v) is 7.55. The van der Waals surface area contributed by atoms with Gasteiger partial charge in [0, 0.05) is 33.2 Å². The lowest BCUT2D eigenvalue weighted by molar-refractivity contribution is -0.138. The van der Waals surface area contributed by atoms with Gasteiger partial charge in [0.05, 0.1) is 5.60 Å². The van der Waals surface area contributed by atoms with Crippen molar-refractivity contribution in [2.24, 2.45) is 11.8 Å². The van der Waals surface area contributed by atoms with Crippen molar-refractivity contribution < 1.29 is 19.4 Å². The number of methoxy groups -OCH3 is 1. The summed E-state index contributed by atoms with van der Waals surface area (Å²) in [6.45, 7) is 7.61. The number of carboxylic acid groups (broad SMARTS) is 1. The Morgan fingerprint density at radius 2 is 2.14 bits per heavy atom. The van der Waals surface area contributed by atoms with Gasteiger partial charge in [-0.3, -0.25) is 4.79 Å². The van der Waals surface area contributed by atoms with Gasteiger partial charge in [0.2, 0.25) is 0 Å². The van der Waals surface area contributed by atoms with E-state index < -0.39 is 5.97 Å². The molecule has 0 saturated carbocycles. The van der Waals surface area contributed by atoms with E-state index in [2.05, 4.69) is 5.32 Å². The molecule has 2 amide bonds. The number of rotatable bonds is 6. The average molecular weight is 300 g/mol. The molecule has 0 radical (unpaired) electrons. The molecule has 1 fully saturated rings. The summed E-state index contributed by atoms with van der Waals surface area (Å²) >= 11 is 0. The van der Waals surface area contributed by atoms with Crippen molar-refractivity contribution in [3.63, 3.8) is 0 Å². The Labute approximate surface area is 126 Å². The number of piperidine rings is 1. The van der Waals surface area contributed by atoms with Crippen LogP contribution < -0.4 is 5.32 Å². The fourth-order valence-electron chi connectivity index (χ4n) is 2.57. The molecule has 2 unspecified atom stereocenters. The molecular formula is C15H28N2O4. The van der Waals surface area contributed by atoms with Crippen LogP contribution >= 0.6 is 0 Å². The zero-order valence-corrected chi connectivity index (χ0v) is 13.5. The second kappa shape index (κ2) is 7.64. The highest BCUT2D eigenvalue weighted by molar-refractivity contribution is 5.74. The Morgan fingerprint density at radius 3 is 2.71 bits per heavy atom. The number of likely N-dealkylation sites (tertiary alicyclic amines) is 1. The molecule has 0 aliphatic carbocycles. The second-order valence-corrected chi connectivity index (χ2v) is 6.55. The number of hydrogen-bond acceptors (Lipinski definition) is 3. The van der Waals surface area contributed by atoms with E-state index in [0.717, 1.165) is 19.4 Å². The van der Waals surface area contributed by atoms with Crippen LogP contribution in [0.1, 0.15) is 40.0 Å². The van der Waals surface area contributed by atoms with E-state index in [1.807, 2.05) is 20.8 Å². The Kier molecular flexibility index (Phi) is 6.45. The van der Waals surface area contributed by atoms with Crippen LogP contribution in [-0.2, 0) is 9.53 Å². The molecule has 1 aliphatic rings. The summed E-state index contributed by atoms with van der Waals surface area (Å²) in [6.07, 6.45) is 2.08. The number of carbonyl (C=O) groups excluding carboxylic acids is 1. The van der Waals surface area contributed by atoms with Crippen LogP contribution in [0.3, 0.4) is 0 Å². The Morgan fingerprint density at radius 1 is 1.48 bits per heavy atom. The van der Waals surface area contributed by atoms with Crippen LogP contribution in [0.4, 0.5) is 4.79 Å². The Bertz CT molecular complexity index is 371. The van der Waals surface area contributed by atoms with Crippen molar-refractivity contribution in [1.29, 1.82) is 0 Å². The van der Waals surface area contributed by atoms with Gasteiger partial charge < -0.3 is 20.1 Å². The Hall–Kier alpha value is -1.30. The smallest absolute Gasteiger partial charge is 0.317 e. The van der Waals surface area contributed by atoms with Crippen LogP contribution in [0, 0.1) is 11.8 Å². The quantitative estimate of drug-likeness (QED) is 0.786. The van der Waals surface area contributed by atoms with Crippen molar-refractivity contribution in [2.45, 2.75) is 45.6 Å². The lowest BCUT2D eigenvalue weighted by Crippen LogP contribution is -2.50. The molecule has 2 atom stereocenters. The van der Waals surface area contributed by atoms with E-state index in [1.165, 1.54) is 0 Å². The van der Waals surface area contributed by atoms with Gasteiger partial charge in [-0.15, -0.1) is 0 Å². The summed E-state index contributed by atoms with van der Waals surface area (Å²) < 4.78 is 5.28. The zero-order chi connectivity index (χ0) is 16.0. The van der Waals surface area contributed by atoms with E-state index in [0.29, 0.717) is 13.1 Å². The fourth-order valence-corrected chi connectivity index (χ4v) is 2.57. The third-order valence-corrected chi connectivity index (χ3v) is 4.26. The maximum absolute atomic E-state index is 12.2. The van der Waals surface area contributed by atoms with E-state index in [4.69, 9.17) is 9.84 Å². The molecule has 6 heteroatoms. The number of nitrogens with one attached hydrogen (secondary N) is 1. The minimum Gasteiger partial charge on any atom is -0.481 e. The third kappa shape index (κ3) is 5.91. The average Bonchev–Trinajstić information content (AvgIpc) is 2.44. The van der Waals surface area contributed by atoms with E-state index in [9.17, 15) is 9.59 Å². The molecule has 0 aromatic carbocycles. The molecule has 0 spiro atoms. The zero-order valence-electron chi connectivity index (χ0n) is 13.5. The van der Waals surface area contributed by atoms with Crippen molar-refractivity contribution in [2.75, 3.05) is 26.7 Å². The normalized spacial score (nSPS) is 21.0. The highest BCUT2D eigenvalue weighted by atomic mass is 16.5. The van der Waals surface area contributed by atoms with Crippen LogP contribution in [-0.4, -0.2) is 54.4 Å². The summed E-state index contributed by atoms with van der Waals surface area (Å²) in [6, 6.07) is -0.0904. The number of nitrogens with zero attached hydrogens (tertiary/aromatic N) is 1. The molecule has 1 aliphatic heterocycles. The number of ether oxygens (including phenoxy) is 1. The van der Waals surface area contributed by atoms with E-state index >= 15 is 0 Å². The molecule has 0 bridgehead atoms. The number of carbonyl (C=O) groups is 2. The predicted octanol–water partition coefficient (Wildman–Crippen LogP) is 1.94. The highest BCUT2D eigenvalue weighted by Crippen LogP contribution is 2.26. The van der Waals surface area contributed by atoms with Crippen LogP contribution in [0.25, 0.3) is 0 Å². The summed E-state index contributed by atoms with van der Waals surface area (Å²) in [7, 11) is 1.62. The standard InChI is InChI=1S/C15H28N2O4/c1-11(8-13(18)19)12-6-5-7-17(9-12)14(20)16-10-15(2,3)21-4/h11-12H,5-10H2,1-4H3,(H,16,20)(H,18,19). The first-order valence-electron chi connectivity index (χ1n) is 7.55. The van der Waals surface area contributed by atoms with Crippen molar-refractivity contribution in [1.82, 2.24) is 10.2 Å². The monoisotopic (exact) mass is 300 g/mol. The van der Waals surface area contributed by atoms with Gasteiger partial charge >= 0.3 is 12.0 Å². The molecule has 1 heterocycles. The molecule has 0 aromatic rings. The summed E-state index contributed by atoms with van der Waals surface area (Å²) in [5.74, 6) is -0.421. The molecule has 1 saturated heterocycles. The van der Waals surface area contributed by atoms with Gasteiger partial charge in [-0.1, -0.05) is 6.92 Å². The van der Waals surface area contributed by atoms with Gasteiger partial charge in [0.25, 0.3) is 0 Å². The molecule has 2 N–H and O–H groups in total. The van der Waals surface area contributed by atoms with Gasteiger partial charge in [-0.05, 0) is 38.5 Å². The van der Waals surface area contributed by atoms with Crippen LogP contribution in [0.5, 0.6) is 0 Å². The number of amides is 2. The molecule has 21 heavy (non-hydrogen) atoms. The lowest BCUT2D eigenvalue weighted by atomic mass is 9.85. The highest BCUT2D eigenvalue weighted by Gasteiger charge is 2.29. The molecule has 122 valence electrons. The maximum atomic E-state index is 12.2. The van der Waals surface area contributed by atoms with Crippen molar-refractivity contribution >= 4 is 12.0 Å². The summed E-state index contributed by atoms with van der Waals surface area (Å²) in [4.78, 5) is 24.8. The molecule has 0 aromatic heterocycles. The molecule has 1 rings (SSSR count). The molecular weight excluding hydrogens is 272 g/mol. The minimum atomic E-state index is -0.772. The SMILES string of the molecule is COC(C)(C)CNC(=O)N1CCCC(C(C)CC(=O)O)C1. The fraction of sp³-hybridized carbons (Fsp3) is 0.867. The topological polar surface area (TPSA) is 78.9 Å². The molecule has 6 nitrogen and oxygen atoms in total. The van der Waals surface area contributed by atoms with Crippen LogP contribution in [0.15, 0.2) is 0 Å². The van der Waals surface area contributed by atoms with E-state index in [-0.39, 0.29) is 29.9 Å². The predicted molar refractivity (Wildman–Crippen MR) is 80.2 cm³/mol. The second-order valence-electron chi connectivity index (χ2n) is 6.55. The van der Waals surface area contributed by atoms with Gasteiger partial charge in [-0.25, -0.2) is 4.79 Å². The Balaban J connectivity index is 2.48. The number of aliphatic carboxylic acids is 1. The largest absolute Gasteiger partial charge is 0.481 e.